The van der Waals surface area contributed by atoms with Crippen LogP contribution >= 0.6 is 15.9 Å². The Balaban J connectivity index is 1.52. The zero-order valence-electron chi connectivity index (χ0n) is 12.4. The van der Waals surface area contributed by atoms with Crippen LogP contribution in [0.4, 0.5) is 5.69 Å². The number of fused-ring (bicyclic) bond motifs is 1. The summed E-state index contributed by atoms with van der Waals surface area (Å²) in [6, 6.07) is 16.3. The summed E-state index contributed by atoms with van der Waals surface area (Å²) in [5.74, 6) is 0.217. The molecule has 0 atom stereocenters. The molecule has 1 heterocycles. The van der Waals surface area contributed by atoms with Gasteiger partial charge in [0.1, 0.15) is 0 Å². The topological polar surface area (TPSA) is 32.3 Å². The van der Waals surface area contributed by atoms with Gasteiger partial charge in [0.05, 0.1) is 0 Å². The first-order chi connectivity index (χ1) is 10.7. The monoisotopic (exact) mass is 358 g/mol. The van der Waals surface area contributed by atoms with E-state index in [1.807, 2.05) is 35.2 Å². The van der Waals surface area contributed by atoms with Crippen molar-refractivity contribution in [2.45, 2.75) is 19.4 Å². The largest absolute Gasteiger partial charge is 0.384 e. The SMILES string of the molecule is O=C(CCNc1ccccc1Br)N1CCc2ccccc2C1. The van der Waals surface area contributed by atoms with Gasteiger partial charge >= 0.3 is 0 Å². The summed E-state index contributed by atoms with van der Waals surface area (Å²) in [6.07, 6.45) is 1.48. The van der Waals surface area contributed by atoms with Gasteiger partial charge in [0.2, 0.25) is 5.91 Å². The number of rotatable bonds is 4. The molecule has 1 amide bonds. The number of nitrogens with zero attached hydrogens (tertiary/aromatic N) is 1. The third kappa shape index (κ3) is 3.50. The predicted octanol–water partition coefficient (Wildman–Crippen LogP) is 3.84. The van der Waals surface area contributed by atoms with E-state index >= 15 is 0 Å². The van der Waals surface area contributed by atoms with Gasteiger partial charge in [-0.05, 0) is 45.6 Å². The van der Waals surface area contributed by atoms with Crippen LogP contribution in [0, 0.1) is 0 Å². The van der Waals surface area contributed by atoms with Crippen LogP contribution in [0.5, 0.6) is 0 Å². The fraction of sp³-hybridized carbons (Fsp3) is 0.278. The molecule has 0 saturated heterocycles. The fourth-order valence-electron chi connectivity index (χ4n) is 2.78. The second-order valence-electron chi connectivity index (χ2n) is 5.49. The number of para-hydroxylation sites is 1. The summed E-state index contributed by atoms with van der Waals surface area (Å²) in [6.45, 7) is 2.22. The molecule has 22 heavy (non-hydrogen) atoms. The number of carbonyl (C=O) groups is 1. The van der Waals surface area contributed by atoms with E-state index in [2.05, 4.69) is 39.4 Å². The van der Waals surface area contributed by atoms with Crippen LogP contribution in [0.25, 0.3) is 0 Å². The first-order valence-electron chi connectivity index (χ1n) is 7.57. The molecule has 0 saturated carbocycles. The van der Waals surface area contributed by atoms with Crippen molar-refractivity contribution in [2.75, 3.05) is 18.4 Å². The summed E-state index contributed by atoms with van der Waals surface area (Å²) in [5, 5.41) is 3.31. The maximum atomic E-state index is 12.4. The number of amides is 1. The molecular formula is C18H19BrN2O. The molecule has 1 aliphatic rings. The minimum absolute atomic E-state index is 0.217. The standard InChI is InChI=1S/C18H19BrN2O/c19-16-7-3-4-8-17(16)20-11-9-18(22)21-12-10-14-5-1-2-6-15(14)13-21/h1-8,20H,9-13H2. The average Bonchev–Trinajstić information content (AvgIpc) is 2.56. The lowest BCUT2D eigenvalue weighted by Gasteiger charge is -2.29. The highest BCUT2D eigenvalue weighted by atomic mass is 79.9. The van der Waals surface area contributed by atoms with Crippen molar-refractivity contribution in [1.82, 2.24) is 4.90 Å². The highest BCUT2D eigenvalue weighted by Gasteiger charge is 2.19. The minimum Gasteiger partial charge on any atom is -0.384 e. The number of hydrogen-bond acceptors (Lipinski definition) is 2. The van der Waals surface area contributed by atoms with E-state index < -0.39 is 0 Å². The van der Waals surface area contributed by atoms with Crippen LogP contribution in [0.3, 0.4) is 0 Å². The molecule has 0 aromatic heterocycles. The van der Waals surface area contributed by atoms with E-state index in [0.29, 0.717) is 13.0 Å². The van der Waals surface area contributed by atoms with E-state index in [0.717, 1.165) is 29.7 Å². The van der Waals surface area contributed by atoms with Crippen LogP contribution in [0.1, 0.15) is 17.5 Å². The second-order valence-corrected chi connectivity index (χ2v) is 6.34. The van der Waals surface area contributed by atoms with Gasteiger partial charge in [-0.15, -0.1) is 0 Å². The smallest absolute Gasteiger partial charge is 0.224 e. The van der Waals surface area contributed by atoms with Crippen molar-refractivity contribution in [3.8, 4) is 0 Å². The summed E-state index contributed by atoms with van der Waals surface area (Å²) >= 11 is 3.50. The van der Waals surface area contributed by atoms with Gasteiger partial charge in [-0.1, -0.05) is 36.4 Å². The van der Waals surface area contributed by atoms with Crippen LogP contribution in [-0.4, -0.2) is 23.9 Å². The molecule has 0 unspecified atom stereocenters. The van der Waals surface area contributed by atoms with Crippen LogP contribution in [-0.2, 0) is 17.8 Å². The summed E-state index contributed by atoms with van der Waals surface area (Å²) < 4.78 is 1.02. The molecule has 0 bridgehead atoms. The van der Waals surface area contributed by atoms with Gasteiger partial charge < -0.3 is 10.2 Å². The number of benzene rings is 2. The molecule has 3 rings (SSSR count). The Kier molecular flexibility index (Phi) is 4.78. The summed E-state index contributed by atoms with van der Waals surface area (Å²) in [7, 11) is 0. The van der Waals surface area contributed by atoms with Gasteiger partial charge in [0, 0.05) is 36.2 Å². The lowest BCUT2D eigenvalue weighted by molar-refractivity contribution is -0.131. The van der Waals surface area contributed by atoms with Gasteiger partial charge in [0.15, 0.2) is 0 Å². The molecule has 114 valence electrons. The zero-order valence-corrected chi connectivity index (χ0v) is 14.0. The van der Waals surface area contributed by atoms with Gasteiger partial charge in [-0.3, -0.25) is 4.79 Å². The molecule has 1 N–H and O–H groups in total. The molecular weight excluding hydrogens is 340 g/mol. The number of carbonyl (C=O) groups excluding carboxylic acids is 1. The fourth-order valence-corrected chi connectivity index (χ4v) is 3.20. The Bertz CT molecular complexity index is 672. The Labute approximate surface area is 139 Å². The van der Waals surface area contributed by atoms with E-state index in [4.69, 9.17) is 0 Å². The molecule has 2 aromatic rings. The minimum atomic E-state index is 0.217. The van der Waals surface area contributed by atoms with Gasteiger partial charge in [-0.25, -0.2) is 0 Å². The van der Waals surface area contributed by atoms with Crippen LogP contribution in [0.2, 0.25) is 0 Å². The van der Waals surface area contributed by atoms with Gasteiger partial charge in [0.25, 0.3) is 0 Å². The molecule has 0 spiro atoms. The number of halogens is 1. The molecule has 3 nitrogen and oxygen atoms in total. The molecule has 0 fully saturated rings. The molecule has 2 aromatic carbocycles. The summed E-state index contributed by atoms with van der Waals surface area (Å²) in [4.78, 5) is 14.3. The van der Waals surface area contributed by atoms with Crippen molar-refractivity contribution >= 4 is 27.5 Å². The third-order valence-electron chi connectivity index (χ3n) is 4.01. The van der Waals surface area contributed by atoms with Crippen LogP contribution in [0.15, 0.2) is 53.0 Å². The number of hydrogen-bond donors (Lipinski definition) is 1. The lowest BCUT2D eigenvalue weighted by Crippen LogP contribution is -2.36. The molecule has 4 heteroatoms. The Morgan fingerprint density at radius 3 is 2.64 bits per heavy atom. The lowest BCUT2D eigenvalue weighted by atomic mass is 10.00. The normalized spacial score (nSPS) is 13.6. The summed E-state index contributed by atoms with van der Waals surface area (Å²) in [5.41, 5.74) is 3.68. The maximum Gasteiger partial charge on any atom is 0.224 e. The van der Waals surface area contributed by atoms with E-state index in [1.54, 1.807) is 0 Å². The Morgan fingerprint density at radius 2 is 1.82 bits per heavy atom. The first kappa shape index (κ1) is 15.1. The third-order valence-corrected chi connectivity index (χ3v) is 4.70. The van der Waals surface area contributed by atoms with Crippen molar-refractivity contribution in [1.29, 1.82) is 0 Å². The van der Waals surface area contributed by atoms with Crippen molar-refractivity contribution in [2.24, 2.45) is 0 Å². The highest BCUT2D eigenvalue weighted by Crippen LogP contribution is 2.22. The van der Waals surface area contributed by atoms with Gasteiger partial charge in [-0.2, -0.15) is 0 Å². The maximum absolute atomic E-state index is 12.4. The molecule has 0 radical (unpaired) electrons. The Hall–Kier alpha value is -1.81. The molecule has 0 aliphatic carbocycles. The van der Waals surface area contributed by atoms with E-state index in [9.17, 15) is 4.79 Å². The van der Waals surface area contributed by atoms with Crippen molar-refractivity contribution in [3.05, 3.63) is 64.1 Å². The Morgan fingerprint density at radius 1 is 1.09 bits per heavy atom. The van der Waals surface area contributed by atoms with Crippen molar-refractivity contribution in [3.63, 3.8) is 0 Å². The second kappa shape index (κ2) is 6.97. The average molecular weight is 359 g/mol. The van der Waals surface area contributed by atoms with E-state index in [-0.39, 0.29) is 5.91 Å². The quantitative estimate of drug-likeness (QED) is 0.900. The van der Waals surface area contributed by atoms with Crippen LogP contribution < -0.4 is 5.32 Å². The number of anilines is 1. The number of nitrogens with one attached hydrogen (secondary N) is 1. The zero-order chi connectivity index (χ0) is 15.4. The predicted molar refractivity (Wildman–Crippen MR) is 92.8 cm³/mol. The first-order valence-corrected chi connectivity index (χ1v) is 8.36. The molecule has 1 aliphatic heterocycles. The highest BCUT2D eigenvalue weighted by molar-refractivity contribution is 9.10. The van der Waals surface area contributed by atoms with E-state index in [1.165, 1.54) is 11.1 Å². The van der Waals surface area contributed by atoms with Crippen molar-refractivity contribution < 1.29 is 4.79 Å².